The molecular formula is C36H24O12. The number of aromatic hydroxyl groups is 12. The summed E-state index contributed by atoms with van der Waals surface area (Å²) in [6.07, 6.45) is 0. The summed E-state index contributed by atoms with van der Waals surface area (Å²) < 4.78 is 0. The van der Waals surface area contributed by atoms with Gasteiger partial charge in [-0.15, -0.1) is 0 Å². The fraction of sp³-hybridized carbons (Fsp3) is 0. The Balaban J connectivity index is 1.58. The van der Waals surface area contributed by atoms with E-state index in [1.165, 1.54) is 12.1 Å². The molecule has 0 unspecified atom stereocenters. The van der Waals surface area contributed by atoms with Crippen LogP contribution in [0.3, 0.4) is 0 Å². The van der Waals surface area contributed by atoms with Gasteiger partial charge in [-0.3, -0.25) is 0 Å². The van der Waals surface area contributed by atoms with Crippen LogP contribution in [0.1, 0.15) is 0 Å². The van der Waals surface area contributed by atoms with Gasteiger partial charge in [0.25, 0.3) is 0 Å². The standard InChI is InChI=1S/C36H24O12/c37-25-20(26(38)33(45)36(48)32(25)44)14-11-9-13(10-12-14)19-15-5-1-3-7-17(15)21(18-8-4-2-6-16(18)19)22-23-24(29(41)31(43)27(22)39)30(42)35(47)34(46)28(23)40/h1-12,37-48H. The van der Waals surface area contributed by atoms with Crippen molar-refractivity contribution in [2.75, 3.05) is 0 Å². The molecule has 7 aromatic rings. The van der Waals surface area contributed by atoms with Crippen molar-refractivity contribution in [2.24, 2.45) is 0 Å². The van der Waals surface area contributed by atoms with Crippen LogP contribution in [0.5, 0.6) is 69.0 Å². The zero-order valence-electron chi connectivity index (χ0n) is 24.3. The van der Waals surface area contributed by atoms with Gasteiger partial charge in [-0.2, -0.15) is 0 Å². The second kappa shape index (κ2) is 10.2. The minimum absolute atomic E-state index is 0.180. The lowest BCUT2D eigenvalue weighted by Gasteiger charge is -2.21. The Hall–Kier alpha value is -7.08. The van der Waals surface area contributed by atoms with Gasteiger partial charge < -0.3 is 61.3 Å². The number of rotatable bonds is 3. The van der Waals surface area contributed by atoms with Gasteiger partial charge in [-0.1, -0.05) is 72.8 Å². The first kappa shape index (κ1) is 29.6. The van der Waals surface area contributed by atoms with E-state index in [9.17, 15) is 61.3 Å². The van der Waals surface area contributed by atoms with Gasteiger partial charge in [0.05, 0.1) is 10.9 Å². The molecule has 7 rings (SSSR count). The smallest absolute Gasteiger partial charge is 0.208 e. The van der Waals surface area contributed by atoms with Crippen molar-refractivity contribution >= 4 is 32.3 Å². The topological polar surface area (TPSA) is 243 Å². The Morgan fingerprint density at radius 3 is 0.958 bits per heavy atom. The summed E-state index contributed by atoms with van der Waals surface area (Å²) in [5, 5.41) is 127. The summed E-state index contributed by atoms with van der Waals surface area (Å²) in [6, 6.07) is 20.1. The summed E-state index contributed by atoms with van der Waals surface area (Å²) in [7, 11) is 0. The highest BCUT2D eigenvalue weighted by molar-refractivity contribution is 6.26. The van der Waals surface area contributed by atoms with Crippen LogP contribution in [0.2, 0.25) is 0 Å². The van der Waals surface area contributed by atoms with Crippen molar-refractivity contribution in [3.05, 3.63) is 72.8 Å². The first-order valence-corrected chi connectivity index (χ1v) is 14.2. The molecule has 0 saturated carbocycles. The molecule has 0 radical (unpaired) electrons. The fourth-order valence-corrected chi connectivity index (χ4v) is 6.35. The van der Waals surface area contributed by atoms with Crippen LogP contribution in [0, 0.1) is 0 Å². The van der Waals surface area contributed by atoms with Crippen LogP contribution in [0.25, 0.3) is 65.7 Å². The van der Waals surface area contributed by atoms with Crippen molar-refractivity contribution in [1.82, 2.24) is 0 Å². The van der Waals surface area contributed by atoms with Crippen molar-refractivity contribution in [3.8, 4) is 102 Å². The molecule has 0 aromatic heterocycles. The van der Waals surface area contributed by atoms with E-state index in [0.717, 1.165) is 0 Å². The van der Waals surface area contributed by atoms with Crippen molar-refractivity contribution in [1.29, 1.82) is 0 Å². The first-order chi connectivity index (χ1) is 22.9. The van der Waals surface area contributed by atoms with Crippen LogP contribution in [0.15, 0.2) is 72.8 Å². The van der Waals surface area contributed by atoms with E-state index < -0.39 is 79.8 Å². The summed E-state index contributed by atoms with van der Waals surface area (Å²) in [5.74, 6) is -12.1. The van der Waals surface area contributed by atoms with Crippen LogP contribution >= 0.6 is 0 Å². The Bertz CT molecular complexity index is 2430. The van der Waals surface area contributed by atoms with Gasteiger partial charge in [0, 0.05) is 16.5 Å². The summed E-state index contributed by atoms with van der Waals surface area (Å²) in [4.78, 5) is 0. The van der Waals surface area contributed by atoms with E-state index in [1.54, 1.807) is 60.7 Å². The van der Waals surface area contributed by atoms with Crippen LogP contribution in [0.4, 0.5) is 0 Å². The fourth-order valence-electron chi connectivity index (χ4n) is 6.35. The number of phenolic OH excluding ortho intramolecular Hbond substituents is 12. The molecule has 240 valence electrons. The van der Waals surface area contributed by atoms with E-state index in [-0.39, 0.29) is 22.3 Å². The van der Waals surface area contributed by atoms with Crippen LogP contribution in [-0.4, -0.2) is 61.3 Å². The van der Waals surface area contributed by atoms with Gasteiger partial charge in [0.2, 0.25) is 34.5 Å². The maximum absolute atomic E-state index is 11.3. The third-order valence-electron chi connectivity index (χ3n) is 8.58. The Kier molecular flexibility index (Phi) is 6.31. The molecule has 0 aliphatic carbocycles. The normalized spacial score (nSPS) is 11.5. The second-order valence-electron chi connectivity index (χ2n) is 11.1. The minimum atomic E-state index is -1.15. The molecule has 7 aromatic carbocycles. The maximum atomic E-state index is 11.3. The summed E-state index contributed by atoms with van der Waals surface area (Å²) >= 11 is 0. The molecule has 0 aliphatic heterocycles. The molecule has 0 amide bonds. The highest BCUT2D eigenvalue weighted by Gasteiger charge is 2.31. The van der Waals surface area contributed by atoms with Gasteiger partial charge in [0.1, 0.15) is 0 Å². The Labute approximate surface area is 268 Å². The largest absolute Gasteiger partial charge is 0.504 e. The highest BCUT2D eigenvalue weighted by atomic mass is 16.4. The number of benzene rings is 7. The average molecular weight is 649 g/mol. The van der Waals surface area contributed by atoms with Gasteiger partial charge in [0.15, 0.2) is 34.5 Å². The van der Waals surface area contributed by atoms with Gasteiger partial charge >= 0.3 is 0 Å². The van der Waals surface area contributed by atoms with E-state index in [2.05, 4.69) is 0 Å². The minimum Gasteiger partial charge on any atom is -0.504 e. The number of fused-ring (bicyclic) bond motifs is 3. The number of phenols is 12. The van der Waals surface area contributed by atoms with Crippen molar-refractivity contribution in [3.63, 3.8) is 0 Å². The zero-order chi connectivity index (χ0) is 34.3. The highest BCUT2D eigenvalue weighted by Crippen LogP contribution is 2.61. The molecule has 12 heteroatoms. The molecule has 0 bridgehead atoms. The lowest BCUT2D eigenvalue weighted by Crippen LogP contribution is -1.94. The quantitative estimate of drug-likeness (QED) is 0.0550. The zero-order valence-corrected chi connectivity index (χ0v) is 24.3. The Morgan fingerprint density at radius 2 is 0.521 bits per heavy atom. The molecule has 0 aliphatic rings. The SMILES string of the molecule is Oc1c(O)c(O)c(-c2ccc(-c3c4ccccc4c(-c4c(O)c(O)c(O)c5c(O)c(O)c(O)c(O)c45)c4ccccc34)cc2)c(O)c1O. The molecule has 12 nitrogen and oxygen atoms in total. The molecule has 12 N–H and O–H groups in total. The van der Waals surface area contributed by atoms with E-state index >= 15 is 0 Å². The Morgan fingerprint density at radius 1 is 0.229 bits per heavy atom. The third kappa shape index (κ3) is 3.83. The van der Waals surface area contributed by atoms with E-state index in [4.69, 9.17) is 0 Å². The maximum Gasteiger partial charge on any atom is 0.208 e. The van der Waals surface area contributed by atoms with Crippen molar-refractivity contribution in [2.45, 2.75) is 0 Å². The predicted octanol–water partition coefficient (Wildman–Crippen LogP) is 6.61. The average Bonchev–Trinajstić information content (AvgIpc) is 3.10. The van der Waals surface area contributed by atoms with E-state index in [1.807, 2.05) is 0 Å². The second-order valence-corrected chi connectivity index (χ2v) is 11.1. The molecule has 48 heavy (non-hydrogen) atoms. The lowest BCUT2D eigenvalue weighted by molar-refractivity contribution is 0.330. The number of hydrogen-bond donors (Lipinski definition) is 12. The van der Waals surface area contributed by atoms with Gasteiger partial charge in [-0.05, 0) is 38.2 Å². The van der Waals surface area contributed by atoms with Crippen molar-refractivity contribution < 1.29 is 61.3 Å². The van der Waals surface area contributed by atoms with E-state index in [0.29, 0.717) is 32.7 Å². The first-order valence-electron chi connectivity index (χ1n) is 14.2. The summed E-state index contributed by atoms with van der Waals surface area (Å²) in [6.45, 7) is 0. The number of hydrogen-bond acceptors (Lipinski definition) is 12. The molecular weight excluding hydrogens is 624 g/mol. The van der Waals surface area contributed by atoms with Gasteiger partial charge in [-0.25, -0.2) is 0 Å². The lowest BCUT2D eigenvalue weighted by atomic mass is 9.83. The molecule has 0 spiro atoms. The molecule has 0 atom stereocenters. The molecule has 0 heterocycles. The monoisotopic (exact) mass is 648 g/mol. The predicted molar refractivity (Wildman–Crippen MR) is 175 cm³/mol. The van der Waals surface area contributed by atoms with Crippen LogP contribution < -0.4 is 0 Å². The van der Waals surface area contributed by atoms with Crippen LogP contribution in [-0.2, 0) is 0 Å². The summed E-state index contributed by atoms with van der Waals surface area (Å²) in [5.41, 5.74) is 1.07. The molecule has 0 saturated heterocycles. The molecule has 0 fully saturated rings. The third-order valence-corrected chi connectivity index (χ3v) is 8.58.